The third-order valence-electron chi connectivity index (χ3n) is 1.51. The fourth-order valence-corrected chi connectivity index (χ4v) is 1.27. The molecular formula is C6H10N3O5P. The number of aromatic amines is 1. The topological polar surface area (TPSA) is 139 Å². The van der Waals surface area contributed by atoms with Gasteiger partial charge in [-0.1, -0.05) is 0 Å². The maximum absolute atomic E-state index is 11.0. The molecule has 1 atom stereocenters. The van der Waals surface area contributed by atoms with Gasteiger partial charge in [0.2, 0.25) is 0 Å². The van der Waals surface area contributed by atoms with Crippen molar-refractivity contribution in [3.8, 4) is 0 Å². The molecule has 0 spiro atoms. The Morgan fingerprint density at radius 1 is 1.73 bits per heavy atom. The van der Waals surface area contributed by atoms with E-state index in [0.717, 1.165) is 0 Å². The monoisotopic (exact) mass is 235 g/mol. The molecule has 0 saturated heterocycles. The van der Waals surface area contributed by atoms with E-state index in [9.17, 15) is 9.36 Å². The van der Waals surface area contributed by atoms with Crippen LogP contribution >= 0.6 is 7.82 Å². The third-order valence-corrected chi connectivity index (χ3v) is 1.92. The number of nitrogens with zero attached hydrogens (tertiary/aromatic N) is 1. The Morgan fingerprint density at radius 3 is 2.87 bits per heavy atom. The molecule has 0 aliphatic heterocycles. The van der Waals surface area contributed by atoms with Crippen molar-refractivity contribution in [2.24, 2.45) is 5.73 Å². The number of carbonyl (C=O) groups is 1. The van der Waals surface area contributed by atoms with E-state index in [1.54, 1.807) is 0 Å². The Hall–Kier alpha value is -1.21. The van der Waals surface area contributed by atoms with Crippen molar-refractivity contribution >= 4 is 13.8 Å². The van der Waals surface area contributed by atoms with Crippen LogP contribution in [0.15, 0.2) is 12.5 Å². The number of hydrogen-bond acceptors (Lipinski definition) is 5. The smallest absolute Gasteiger partial charge is 0.369 e. The predicted molar refractivity (Wildman–Crippen MR) is 48.4 cm³/mol. The summed E-state index contributed by atoms with van der Waals surface area (Å²) in [6, 6.07) is -1.14. The Kier molecular flexibility index (Phi) is 3.59. The molecule has 1 heterocycles. The SMILES string of the molecule is NC(Cc1cnc[nH]1)C(=O)OP(=O)(O)O. The predicted octanol–water partition coefficient (Wildman–Crippen LogP) is -1.08. The first-order chi connectivity index (χ1) is 6.88. The maximum Gasteiger partial charge on any atom is 0.527 e. The van der Waals surface area contributed by atoms with Crippen molar-refractivity contribution in [2.45, 2.75) is 12.5 Å². The van der Waals surface area contributed by atoms with E-state index in [1.165, 1.54) is 12.5 Å². The van der Waals surface area contributed by atoms with Gasteiger partial charge >= 0.3 is 13.8 Å². The van der Waals surface area contributed by atoms with Gasteiger partial charge in [-0.05, 0) is 0 Å². The van der Waals surface area contributed by atoms with E-state index >= 15 is 0 Å². The highest BCUT2D eigenvalue weighted by molar-refractivity contribution is 7.46. The second kappa shape index (κ2) is 4.54. The van der Waals surface area contributed by atoms with E-state index in [0.29, 0.717) is 5.69 Å². The lowest BCUT2D eigenvalue weighted by molar-refractivity contribution is -0.137. The molecule has 0 aliphatic rings. The highest BCUT2D eigenvalue weighted by Gasteiger charge is 2.25. The standard InChI is InChI=1S/C6H10N3O5P/c7-5(1-4-2-8-3-9-4)6(10)14-15(11,12)13/h2-3,5H,1,7H2,(H,8,9)(H2,11,12,13). The number of phosphoric ester groups is 1. The van der Waals surface area contributed by atoms with Crippen molar-refractivity contribution in [1.29, 1.82) is 0 Å². The number of nitrogens with two attached hydrogens (primary N) is 1. The van der Waals surface area contributed by atoms with Crippen LogP contribution in [0.2, 0.25) is 0 Å². The summed E-state index contributed by atoms with van der Waals surface area (Å²) in [4.78, 5) is 34.1. The van der Waals surface area contributed by atoms with Gasteiger partial charge in [0.1, 0.15) is 6.04 Å². The molecule has 0 bridgehead atoms. The number of H-pyrrole nitrogens is 1. The molecule has 1 unspecified atom stereocenters. The van der Waals surface area contributed by atoms with Gasteiger partial charge in [-0.2, -0.15) is 0 Å². The van der Waals surface area contributed by atoms with Crippen molar-refractivity contribution < 1.29 is 23.7 Å². The first-order valence-corrected chi connectivity index (χ1v) is 5.43. The summed E-state index contributed by atoms with van der Waals surface area (Å²) in [5, 5.41) is 0. The molecule has 1 aromatic rings. The molecule has 1 rings (SSSR count). The third kappa shape index (κ3) is 4.22. The summed E-state index contributed by atoms with van der Waals surface area (Å²) in [6.45, 7) is 0. The van der Waals surface area contributed by atoms with Gasteiger partial charge in [-0.25, -0.2) is 14.3 Å². The lowest BCUT2D eigenvalue weighted by Crippen LogP contribution is -2.33. The van der Waals surface area contributed by atoms with Crippen molar-refractivity contribution in [2.75, 3.05) is 0 Å². The zero-order chi connectivity index (χ0) is 11.5. The summed E-state index contributed by atoms with van der Waals surface area (Å²) >= 11 is 0. The van der Waals surface area contributed by atoms with Gasteiger partial charge in [0, 0.05) is 18.3 Å². The van der Waals surface area contributed by atoms with E-state index in [-0.39, 0.29) is 6.42 Å². The van der Waals surface area contributed by atoms with Crippen LogP contribution in [0.1, 0.15) is 5.69 Å². The second-order valence-corrected chi connectivity index (χ2v) is 3.95. The number of rotatable bonds is 4. The first kappa shape index (κ1) is 11.9. The summed E-state index contributed by atoms with van der Waals surface area (Å²) in [7, 11) is -4.82. The van der Waals surface area contributed by atoms with Gasteiger partial charge in [0.05, 0.1) is 6.33 Å². The van der Waals surface area contributed by atoms with Crippen LogP contribution in [0.25, 0.3) is 0 Å². The van der Waals surface area contributed by atoms with Crippen LogP contribution in [0.4, 0.5) is 0 Å². The molecule has 8 nitrogen and oxygen atoms in total. The Morgan fingerprint density at radius 2 is 2.40 bits per heavy atom. The van der Waals surface area contributed by atoms with E-state index in [1.807, 2.05) is 0 Å². The molecule has 15 heavy (non-hydrogen) atoms. The zero-order valence-electron chi connectivity index (χ0n) is 7.53. The van der Waals surface area contributed by atoms with Crippen LogP contribution < -0.4 is 5.73 Å². The van der Waals surface area contributed by atoms with Crippen molar-refractivity contribution in [3.63, 3.8) is 0 Å². The number of aromatic nitrogens is 2. The average molecular weight is 235 g/mol. The minimum Gasteiger partial charge on any atom is -0.369 e. The zero-order valence-corrected chi connectivity index (χ0v) is 8.42. The summed E-state index contributed by atoms with van der Waals surface area (Å²) in [5.41, 5.74) is 5.92. The highest BCUT2D eigenvalue weighted by atomic mass is 31.2. The van der Waals surface area contributed by atoms with Gasteiger partial charge in [-0.15, -0.1) is 0 Å². The molecule has 0 aromatic carbocycles. The Bertz CT molecular complexity index is 372. The van der Waals surface area contributed by atoms with Gasteiger partial charge in [0.25, 0.3) is 0 Å². The minimum atomic E-state index is -4.82. The normalized spacial score (nSPS) is 13.5. The summed E-state index contributed by atoms with van der Waals surface area (Å²) in [6.07, 6.45) is 2.92. The first-order valence-electron chi connectivity index (χ1n) is 3.90. The van der Waals surface area contributed by atoms with E-state index in [4.69, 9.17) is 15.5 Å². The van der Waals surface area contributed by atoms with Crippen LogP contribution in [-0.2, 0) is 20.3 Å². The van der Waals surface area contributed by atoms with Crippen LogP contribution in [0.3, 0.4) is 0 Å². The molecular weight excluding hydrogens is 225 g/mol. The Labute approximate surface area is 84.7 Å². The van der Waals surface area contributed by atoms with E-state index in [2.05, 4.69) is 14.5 Å². The maximum atomic E-state index is 11.0. The molecule has 0 amide bonds. The quantitative estimate of drug-likeness (QED) is 0.486. The number of nitrogens with one attached hydrogen (secondary N) is 1. The molecule has 84 valence electrons. The fourth-order valence-electron chi connectivity index (χ4n) is 0.901. The highest BCUT2D eigenvalue weighted by Crippen LogP contribution is 2.36. The molecule has 0 aliphatic carbocycles. The number of phosphoric acid groups is 1. The average Bonchev–Trinajstić information content (AvgIpc) is 2.53. The molecule has 0 fully saturated rings. The fraction of sp³-hybridized carbons (Fsp3) is 0.333. The largest absolute Gasteiger partial charge is 0.527 e. The molecule has 0 saturated carbocycles. The number of imidazole rings is 1. The number of carbonyl (C=O) groups excluding carboxylic acids is 1. The summed E-state index contributed by atoms with van der Waals surface area (Å²) in [5.74, 6) is -1.15. The Balaban J connectivity index is 2.51. The van der Waals surface area contributed by atoms with E-state index < -0.39 is 19.8 Å². The van der Waals surface area contributed by atoms with Gasteiger partial charge < -0.3 is 15.2 Å². The van der Waals surface area contributed by atoms with Crippen LogP contribution in [-0.4, -0.2) is 31.8 Å². The van der Waals surface area contributed by atoms with Crippen molar-refractivity contribution in [3.05, 3.63) is 18.2 Å². The molecule has 0 radical (unpaired) electrons. The molecule has 9 heteroatoms. The lowest BCUT2D eigenvalue weighted by Gasteiger charge is -2.10. The van der Waals surface area contributed by atoms with Crippen LogP contribution in [0, 0.1) is 0 Å². The summed E-state index contributed by atoms with van der Waals surface area (Å²) < 4.78 is 14.1. The molecule has 5 N–H and O–H groups in total. The minimum absolute atomic E-state index is 0.0683. The van der Waals surface area contributed by atoms with Crippen LogP contribution in [0.5, 0.6) is 0 Å². The van der Waals surface area contributed by atoms with Gasteiger partial charge in [0.15, 0.2) is 0 Å². The van der Waals surface area contributed by atoms with Crippen molar-refractivity contribution in [1.82, 2.24) is 9.97 Å². The molecule has 1 aromatic heterocycles. The number of hydrogen-bond donors (Lipinski definition) is 4. The van der Waals surface area contributed by atoms with Gasteiger partial charge in [-0.3, -0.25) is 9.79 Å². The second-order valence-electron chi connectivity index (χ2n) is 2.79. The lowest BCUT2D eigenvalue weighted by atomic mass is 10.2.